The summed E-state index contributed by atoms with van der Waals surface area (Å²) in [5.74, 6) is -1.58. The molecule has 0 saturated carbocycles. The fourth-order valence-electron chi connectivity index (χ4n) is 0.308. The monoisotopic (exact) mass is 156 g/mol. The molecule has 0 radical (unpaired) electrons. The van der Waals surface area contributed by atoms with E-state index in [1.807, 2.05) is 0 Å². The highest BCUT2D eigenvalue weighted by atomic mass is 16.4. The molecule has 0 unspecified atom stereocenters. The number of aliphatic imine (C=N–C) groups is 1. The van der Waals surface area contributed by atoms with Gasteiger partial charge in [-0.15, -0.1) is 0 Å². The summed E-state index contributed by atoms with van der Waals surface area (Å²) in [6.45, 7) is 0. The van der Waals surface area contributed by atoms with Crippen LogP contribution < -0.4 is 5.73 Å². The molecule has 0 rings (SSSR count). The zero-order chi connectivity index (χ0) is 8.69. The maximum Gasteiger partial charge on any atom is 0.308 e. The summed E-state index contributed by atoms with van der Waals surface area (Å²) < 4.78 is 0. The quantitative estimate of drug-likeness (QED) is 0.425. The molecule has 0 heterocycles. The molecule has 0 spiro atoms. The Labute approximate surface area is 63.2 Å². The maximum atomic E-state index is 10.0. The zero-order valence-electron chi connectivity index (χ0n) is 5.73. The lowest BCUT2D eigenvalue weighted by Crippen LogP contribution is -2.04. The van der Waals surface area contributed by atoms with Crippen LogP contribution in [0.5, 0.6) is 0 Å². The molecule has 0 saturated heterocycles. The van der Waals surface area contributed by atoms with Crippen LogP contribution in [-0.2, 0) is 9.59 Å². The summed E-state index contributed by atoms with van der Waals surface area (Å²) in [4.78, 5) is 23.4. The van der Waals surface area contributed by atoms with Crippen LogP contribution in [0.4, 0.5) is 0 Å². The SMILES string of the molecule is NC(=O)C=CN=CCC(=O)O. The minimum atomic E-state index is -0.971. The number of nitrogens with zero attached hydrogens (tertiary/aromatic N) is 1. The number of amides is 1. The number of carbonyl (C=O) groups is 2. The summed E-state index contributed by atoms with van der Waals surface area (Å²) in [5.41, 5.74) is 4.72. The molecule has 0 bridgehead atoms. The van der Waals surface area contributed by atoms with E-state index in [1.54, 1.807) is 0 Å². The van der Waals surface area contributed by atoms with Crippen molar-refractivity contribution >= 4 is 18.1 Å². The van der Waals surface area contributed by atoms with Gasteiger partial charge in [-0.25, -0.2) is 0 Å². The van der Waals surface area contributed by atoms with Gasteiger partial charge in [-0.05, 0) is 0 Å². The third kappa shape index (κ3) is 8.35. The Morgan fingerprint density at radius 3 is 2.64 bits per heavy atom. The minimum absolute atomic E-state index is 0.164. The Kier molecular flexibility index (Phi) is 4.39. The van der Waals surface area contributed by atoms with Gasteiger partial charge in [-0.2, -0.15) is 0 Å². The largest absolute Gasteiger partial charge is 0.481 e. The fraction of sp³-hybridized carbons (Fsp3) is 0.167. The van der Waals surface area contributed by atoms with E-state index in [0.29, 0.717) is 0 Å². The van der Waals surface area contributed by atoms with Gasteiger partial charge in [0, 0.05) is 18.5 Å². The molecule has 5 heteroatoms. The molecular weight excluding hydrogens is 148 g/mol. The second kappa shape index (κ2) is 5.16. The topological polar surface area (TPSA) is 92.8 Å². The van der Waals surface area contributed by atoms with Crippen molar-refractivity contribution in [2.75, 3.05) is 0 Å². The van der Waals surface area contributed by atoms with Crippen molar-refractivity contribution in [1.82, 2.24) is 0 Å². The Balaban J connectivity index is 3.60. The van der Waals surface area contributed by atoms with E-state index in [1.165, 1.54) is 6.21 Å². The van der Waals surface area contributed by atoms with Gasteiger partial charge in [0.2, 0.25) is 5.91 Å². The molecule has 0 aromatic rings. The number of nitrogens with two attached hydrogens (primary N) is 1. The highest BCUT2D eigenvalue weighted by molar-refractivity contribution is 5.87. The van der Waals surface area contributed by atoms with Gasteiger partial charge >= 0.3 is 5.97 Å². The molecule has 0 fully saturated rings. The summed E-state index contributed by atoms with van der Waals surface area (Å²) >= 11 is 0. The Morgan fingerprint density at radius 2 is 2.18 bits per heavy atom. The van der Waals surface area contributed by atoms with E-state index in [0.717, 1.165) is 12.3 Å². The summed E-state index contributed by atoms with van der Waals surface area (Å²) in [7, 11) is 0. The number of rotatable bonds is 4. The van der Waals surface area contributed by atoms with E-state index in [2.05, 4.69) is 4.99 Å². The molecule has 0 aliphatic rings. The van der Waals surface area contributed by atoms with Crippen LogP contribution in [0.2, 0.25) is 0 Å². The molecular formula is C6H8N2O3. The van der Waals surface area contributed by atoms with E-state index >= 15 is 0 Å². The molecule has 0 aromatic heterocycles. The lowest BCUT2D eigenvalue weighted by Gasteiger charge is -1.80. The molecule has 60 valence electrons. The van der Waals surface area contributed by atoms with Gasteiger partial charge in [-0.1, -0.05) is 0 Å². The summed E-state index contributed by atoms with van der Waals surface area (Å²) in [6.07, 6.45) is 3.19. The standard InChI is InChI=1S/C6H8N2O3/c7-5(9)1-3-8-4-2-6(10)11/h1,3-4H,2H2,(H2,7,9)(H,10,11). The number of primary amides is 1. The molecule has 0 aliphatic heterocycles. The molecule has 3 N–H and O–H groups in total. The van der Waals surface area contributed by atoms with Crippen LogP contribution in [-0.4, -0.2) is 23.2 Å². The molecule has 0 aromatic carbocycles. The second-order valence-corrected chi connectivity index (χ2v) is 1.65. The summed E-state index contributed by atoms with van der Waals surface area (Å²) in [5, 5.41) is 8.12. The number of hydrogen-bond donors (Lipinski definition) is 2. The predicted octanol–water partition coefficient (Wildman–Crippen LogP) is -0.469. The Morgan fingerprint density at radius 1 is 1.55 bits per heavy atom. The summed E-state index contributed by atoms with van der Waals surface area (Å²) in [6, 6.07) is 0. The highest BCUT2D eigenvalue weighted by Gasteiger charge is 1.87. The van der Waals surface area contributed by atoms with Crippen molar-refractivity contribution < 1.29 is 14.7 Å². The molecule has 0 aliphatic carbocycles. The molecule has 11 heavy (non-hydrogen) atoms. The van der Waals surface area contributed by atoms with Crippen LogP contribution in [0.25, 0.3) is 0 Å². The number of aliphatic carboxylic acids is 1. The number of carbonyl (C=O) groups excluding carboxylic acids is 1. The van der Waals surface area contributed by atoms with Crippen molar-refractivity contribution in [3.63, 3.8) is 0 Å². The van der Waals surface area contributed by atoms with E-state index < -0.39 is 11.9 Å². The fourth-order valence-corrected chi connectivity index (χ4v) is 0.308. The van der Waals surface area contributed by atoms with Crippen LogP contribution in [0.1, 0.15) is 6.42 Å². The zero-order valence-corrected chi connectivity index (χ0v) is 5.73. The number of carboxylic acid groups (broad SMARTS) is 1. The second-order valence-electron chi connectivity index (χ2n) is 1.65. The minimum Gasteiger partial charge on any atom is -0.481 e. The van der Waals surface area contributed by atoms with Crippen molar-refractivity contribution in [3.8, 4) is 0 Å². The average Bonchev–Trinajstić information content (AvgIpc) is 1.85. The predicted molar refractivity (Wildman–Crippen MR) is 39.1 cm³/mol. The van der Waals surface area contributed by atoms with Gasteiger partial charge in [0.05, 0.1) is 6.42 Å². The van der Waals surface area contributed by atoms with Gasteiger partial charge in [0.15, 0.2) is 0 Å². The van der Waals surface area contributed by atoms with Crippen LogP contribution in [0.15, 0.2) is 17.3 Å². The van der Waals surface area contributed by atoms with Gasteiger partial charge in [0.1, 0.15) is 0 Å². The highest BCUT2D eigenvalue weighted by Crippen LogP contribution is 1.76. The smallest absolute Gasteiger partial charge is 0.308 e. The first-order valence-corrected chi connectivity index (χ1v) is 2.82. The molecule has 0 atom stereocenters. The van der Waals surface area contributed by atoms with Crippen molar-refractivity contribution in [1.29, 1.82) is 0 Å². The van der Waals surface area contributed by atoms with Gasteiger partial charge in [-0.3, -0.25) is 14.6 Å². The van der Waals surface area contributed by atoms with Crippen molar-refractivity contribution in [3.05, 3.63) is 12.3 Å². The van der Waals surface area contributed by atoms with E-state index in [9.17, 15) is 9.59 Å². The first-order chi connectivity index (χ1) is 5.13. The van der Waals surface area contributed by atoms with E-state index in [4.69, 9.17) is 10.8 Å². The van der Waals surface area contributed by atoms with Crippen molar-refractivity contribution in [2.24, 2.45) is 10.7 Å². The van der Waals surface area contributed by atoms with Gasteiger partial charge < -0.3 is 10.8 Å². The normalized spacial score (nSPS) is 10.9. The average molecular weight is 156 g/mol. The third-order valence-electron chi connectivity index (χ3n) is 0.696. The first kappa shape index (κ1) is 9.35. The van der Waals surface area contributed by atoms with Crippen molar-refractivity contribution in [2.45, 2.75) is 6.42 Å². The van der Waals surface area contributed by atoms with Crippen LogP contribution in [0, 0.1) is 0 Å². The maximum absolute atomic E-state index is 10.0. The third-order valence-corrected chi connectivity index (χ3v) is 0.696. The van der Waals surface area contributed by atoms with Gasteiger partial charge in [0.25, 0.3) is 0 Å². The Hall–Kier alpha value is -1.65. The van der Waals surface area contributed by atoms with Crippen LogP contribution in [0.3, 0.4) is 0 Å². The Bertz CT molecular complexity index is 208. The van der Waals surface area contributed by atoms with Crippen LogP contribution >= 0.6 is 0 Å². The lowest BCUT2D eigenvalue weighted by molar-refractivity contribution is -0.135. The lowest BCUT2D eigenvalue weighted by atomic mass is 10.5. The molecule has 5 nitrogen and oxygen atoms in total. The van der Waals surface area contributed by atoms with E-state index in [-0.39, 0.29) is 6.42 Å². The molecule has 1 amide bonds. The number of carboxylic acids is 1. The first-order valence-electron chi connectivity index (χ1n) is 2.82. The number of hydrogen-bond acceptors (Lipinski definition) is 3.